The Morgan fingerprint density at radius 2 is 1.93 bits per heavy atom. The molecule has 3 aliphatic rings. The molecule has 0 aromatic heterocycles. The minimum atomic E-state index is -0.398. The van der Waals surface area contributed by atoms with Gasteiger partial charge in [-0.25, -0.2) is 0 Å². The lowest BCUT2D eigenvalue weighted by Gasteiger charge is -2.49. The highest BCUT2D eigenvalue weighted by atomic mass is 16.3. The van der Waals surface area contributed by atoms with Crippen LogP contribution in [0.3, 0.4) is 0 Å². The molecule has 3 aliphatic carbocycles. The third kappa shape index (κ3) is 2.90. The van der Waals surface area contributed by atoms with Gasteiger partial charge in [0.05, 0.1) is 17.7 Å². The Bertz CT molecular complexity index is 1020. The second kappa shape index (κ2) is 6.75. The highest BCUT2D eigenvalue weighted by molar-refractivity contribution is 5.57. The van der Waals surface area contributed by atoms with E-state index in [-0.39, 0.29) is 5.41 Å². The van der Waals surface area contributed by atoms with Crippen molar-refractivity contribution in [1.82, 2.24) is 0 Å². The molecule has 2 saturated carbocycles. The van der Waals surface area contributed by atoms with Crippen molar-refractivity contribution in [2.24, 2.45) is 17.3 Å². The number of phenolic OH excluding ortho intramolecular Hbond substituents is 1. The minimum absolute atomic E-state index is 0.0615. The maximum atomic E-state index is 11.3. The number of benzene rings is 2. The highest BCUT2D eigenvalue weighted by Gasteiger charge is 2.56. The van der Waals surface area contributed by atoms with E-state index in [1.807, 2.05) is 36.4 Å². The molecule has 0 spiro atoms. The first-order valence-electron chi connectivity index (χ1n) is 10.7. The number of hydrogen-bond donors (Lipinski definition) is 2. The summed E-state index contributed by atoms with van der Waals surface area (Å²) in [5.41, 5.74) is 5.52. The number of hydrogen-bond acceptors (Lipinski definition) is 3. The molecule has 0 saturated heterocycles. The molecule has 0 radical (unpaired) electrons. The molecular weight excluding hydrogens is 358 g/mol. The molecule has 2 fully saturated rings. The number of aryl methyl sites for hydroxylation is 1. The zero-order valence-electron chi connectivity index (χ0n) is 16.8. The van der Waals surface area contributed by atoms with Crippen molar-refractivity contribution in [3.05, 3.63) is 70.3 Å². The van der Waals surface area contributed by atoms with Gasteiger partial charge in [-0.15, -0.1) is 0 Å². The number of aromatic hydroxyl groups is 1. The SMILES string of the molecule is CC12CCC3c4ccc(O)cc4CCC3C1C/C(=C/c1ccc(C#N)cc1)C2O. The van der Waals surface area contributed by atoms with Crippen LogP contribution in [-0.2, 0) is 6.42 Å². The van der Waals surface area contributed by atoms with Crippen LogP contribution in [0, 0.1) is 28.6 Å². The Morgan fingerprint density at radius 1 is 1.14 bits per heavy atom. The summed E-state index contributed by atoms with van der Waals surface area (Å²) in [5, 5.41) is 30.1. The van der Waals surface area contributed by atoms with Crippen LogP contribution >= 0.6 is 0 Å². The van der Waals surface area contributed by atoms with Crippen molar-refractivity contribution in [1.29, 1.82) is 5.26 Å². The predicted molar refractivity (Wildman–Crippen MR) is 113 cm³/mol. The fraction of sp³-hybridized carbons (Fsp3) is 0.423. The zero-order valence-corrected chi connectivity index (χ0v) is 16.8. The summed E-state index contributed by atoms with van der Waals surface area (Å²) in [4.78, 5) is 0. The Morgan fingerprint density at radius 3 is 2.69 bits per heavy atom. The maximum absolute atomic E-state index is 11.3. The van der Waals surface area contributed by atoms with Crippen LogP contribution in [0.1, 0.15) is 60.8 Å². The summed E-state index contributed by atoms with van der Waals surface area (Å²) in [7, 11) is 0. The second-order valence-corrected chi connectivity index (χ2v) is 9.40. The van der Waals surface area contributed by atoms with E-state index in [2.05, 4.69) is 25.1 Å². The molecule has 5 atom stereocenters. The van der Waals surface area contributed by atoms with E-state index in [9.17, 15) is 10.2 Å². The molecule has 2 aromatic carbocycles. The largest absolute Gasteiger partial charge is 0.508 e. The summed E-state index contributed by atoms with van der Waals surface area (Å²) in [5.74, 6) is 1.99. The lowest BCUT2D eigenvalue weighted by Crippen LogP contribution is -2.44. The first-order chi connectivity index (χ1) is 14.0. The average molecular weight is 386 g/mol. The van der Waals surface area contributed by atoms with Gasteiger partial charge >= 0.3 is 0 Å². The number of nitriles is 1. The molecule has 0 aliphatic heterocycles. The van der Waals surface area contributed by atoms with Crippen LogP contribution in [0.4, 0.5) is 0 Å². The first-order valence-corrected chi connectivity index (χ1v) is 10.7. The van der Waals surface area contributed by atoms with Crippen LogP contribution in [0.2, 0.25) is 0 Å². The summed E-state index contributed by atoms with van der Waals surface area (Å²) in [6.45, 7) is 2.28. The van der Waals surface area contributed by atoms with Crippen molar-refractivity contribution in [3.8, 4) is 11.8 Å². The fourth-order valence-electron chi connectivity index (χ4n) is 6.44. The van der Waals surface area contributed by atoms with Gasteiger partial charge in [0.15, 0.2) is 0 Å². The number of aliphatic hydroxyl groups is 1. The predicted octanol–water partition coefficient (Wildman–Crippen LogP) is 5.17. The summed E-state index contributed by atoms with van der Waals surface area (Å²) < 4.78 is 0. The third-order valence-corrected chi connectivity index (χ3v) is 7.97. The fourth-order valence-corrected chi connectivity index (χ4v) is 6.44. The van der Waals surface area contributed by atoms with E-state index in [1.165, 1.54) is 11.1 Å². The van der Waals surface area contributed by atoms with Gasteiger partial charge in [0, 0.05) is 5.41 Å². The monoisotopic (exact) mass is 385 g/mol. The summed E-state index contributed by atoms with van der Waals surface area (Å²) >= 11 is 0. The molecule has 2 aromatic rings. The molecule has 5 unspecified atom stereocenters. The molecule has 0 heterocycles. The van der Waals surface area contributed by atoms with Crippen molar-refractivity contribution >= 4 is 6.08 Å². The maximum Gasteiger partial charge on any atom is 0.115 e. The van der Waals surface area contributed by atoms with Gasteiger partial charge in [-0.1, -0.05) is 31.2 Å². The van der Waals surface area contributed by atoms with E-state index >= 15 is 0 Å². The van der Waals surface area contributed by atoms with Crippen LogP contribution in [0.15, 0.2) is 48.0 Å². The van der Waals surface area contributed by atoms with Crippen LogP contribution in [0.5, 0.6) is 5.75 Å². The highest BCUT2D eigenvalue weighted by Crippen LogP contribution is 2.62. The van der Waals surface area contributed by atoms with Gasteiger partial charge in [-0.3, -0.25) is 0 Å². The molecule has 148 valence electrons. The number of rotatable bonds is 1. The van der Waals surface area contributed by atoms with Crippen LogP contribution in [-0.4, -0.2) is 16.3 Å². The molecule has 3 nitrogen and oxygen atoms in total. The number of fused-ring (bicyclic) bond motifs is 5. The lowest BCUT2D eigenvalue weighted by molar-refractivity contribution is -0.0158. The normalized spacial score (nSPS) is 34.2. The standard InChI is InChI=1S/C26H27NO2/c1-26-11-10-22-21-9-7-20(28)13-18(21)6-8-23(22)24(26)14-19(25(26)29)12-16-2-4-17(15-27)5-3-16/h2-5,7,9,12-13,22-25,28-29H,6,8,10-11,14H2,1H3/b19-12-. The Balaban J connectivity index is 1.46. The second-order valence-electron chi connectivity index (χ2n) is 9.40. The molecule has 0 amide bonds. The molecule has 0 bridgehead atoms. The Kier molecular flexibility index (Phi) is 4.29. The average Bonchev–Trinajstić information content (AvgIpc) is 2.99. The quantitative estimate of drug-likeness (QED) is 0.711. The van der Waals surface area contributed by atoms with Gasteiger partial charge in [0.1, 0.15) is 5.75 Å². The molecule has 2 N–H and O–H groups in total. The van der Waals surface area contributed by atoms with Gasteiger partial charge < -0.3 is 10.2 Å². The van der Waals surface area contributed by atoms with Crippen molar-refractivity contribution in [2.75, 3.05) is 0 Å². The minimum Gasteiger partial charge on any atom is -0.508 e. The third-order valence-electron chi connectivity index (χ3n) is 7.97. The van der Waals surface area contributed by atoms with Gasteiger partial charge in [-0.2, -0.15) is 5.26 Å². The lowest BCUT2D eigenvalue weighted by atomic mass is 9.55. The van der Waals surface area contributed by atoms with Crippen LogP contribution < -0.4 is 0 Å². The van der Waals surface area contributed by atoms with Crippen molar-refractivity contribution < 1.29 is 10.2 Å². The Hall–Kier alpha value is -2.57. The number of aliphatic hydroxyl groups excluding tert-OH is 1. The van der Waals surface area contributed by atoms with E-state index in [1.54, 1.807) is 0 Å². The first kappa shape index (κ1) is 18.5. The van der Waals surface area contributed by atoms with Gasteiger partial charge in [0.25, 0.3) is 0 Å². The van der Waals surface area contributed by atoms with E-state index in [4.69, 9.17) is 5.26 Å². The van der Waals surface area contributed by atoms with Gasteiger partial charge in [-0.05, 0) is 96.4 Å². The molecule has 5 rings (SSSR count). The topological polar surface area (TPSA) is 64.2 Å². The number of nitrogens with zero attached hydrogens (tertiary/aromatic N) is 1. The van der Waals surface area contributed by atoms with Crippen molar-refractivity contribution in [2.45, 2.75) is 51.0 Å². The van der Waals surface area contributed by atoms with E-state index < -0.39 is 6.10 Å². The van der Waals surface area contributed by atoms with E-state index in [0.717, 1.165) is 43.2 Å². The van der Waals surface area contributed by atoms with E-state index in [0.29, 0.717) is 29.1 Å². The van der Waals surface area contributed by atoms with Gasteiger partial charge in [0.2, 0.25) is 0 Å². The summed E-state index contributed by atoms with van der Waals surface area (Å²) in [6.07, 6.45) is 6.98. The smallest absolute Gasteiger partial charge is 0.115 e. The van der Waals surface area contributed by atoms with Crippen molar-refractivity contribution in [3.63, 3.8) is 0 Å². The number of phenols is 1. The Labute approximate surface area is 172 Å². The molecule has 29 heavy (non-hydrogen) atoms. The molecular formula is C26H27NO2. The van der Waals surface area contributed by atoms with Crippen LogP contribution in [0.25, 0.3) is 6.08 Å². The zero-order chi connectivity index (χ0) is 20.2. The molecule has 3 heteroatoms. The summed E-state index contributed by atoms with van der Waals surface area (Å²) in [6, 6.07) is 15.7.